The van der Waals surface area contributed by atoms with Crippen molar-refractivity contribution >= 4 is 41.5 Å². The molecule has 0 spiro atoms. The van der Waals surface area contributed by atoms with E-state index in [1.54, 1.807) is 47.8 Å². The summed E-state index contributed by atoms with van der Waals surface area (Å²) in [5.74, 6) is 1.38. The van der Waals surface area contributed by atoms with E-state index in [4.69, 9.17) is 11.5 Å². The van der Waals surface area contributed by atoms with Crippen LogP contribution in [-0.2, 0) is 4.79 Å². The van der Waals surface area contributed by atoms with Crippen molar-refractivity contribution in [2.45, 2.75) is 16.9 Å². The topological polar surface area (TPSA) is 110 Å². The van der Waals surface area contributed by atoms with Crippen molar-refractivity contribution in [3.63, 3.8) is 0 Å². The van der Waals surface area contributed by atoms with Crippen LogP contribution in [0.15, 0.2) is 30.3 Å². The van der Waals surface area contributed by atoms with Crippen molar-refractivity contribution in [2.24, 2.45) is 11.5 Å². The summed E-state index contributed by atoms with van der Waals surface area (Å²) < 4.78 is -0.193. The normalized spacial score (nSPS) is 32.5. The van der Waals surface area contributed by atoms with Crippen molar-refractivity contribution in [3.05, 3.63) is 35.9 Å². The fourth-order valence-corrected chi connectivity index (χ4v) is 6.86. The van der Waals surface area contributed by atoms with Gasteiger partial charge < -0.3 is 11.5 Å². The molecule has 25 heavy (non-hydrogen) atoms. The summed E-state index contributed by atoms with van der Waals surface area (Å²) in [4.78, 5) is 38.2. The van der Waals surface area contributed by atoms with E-state index in [0.717, 1.165) is 16.4 Å². The SMILES string of the molecule is NC(=O)C(c1ccccc1)[N+]12C(=O)N(C(N)=O)CC1N2C1SCCS1. The van der Waals surface area contributed by atoms with Crippen molar-refractivity contribution in [2.75, 3.05) is 18.1 Å². The van der Waals surface area contributed by atoms with Crippen LogP contribution in [0.2, 0.25) is 0 Å². The zero-order chi connectivity index (χ0) is 17.8. The highest BCUT2D eigenvalue weighted by atomic mass is 32.2. The lowest BCUT2D eigenvalue weighted by Crippen LogP contribution is -2.53. The number of carbonyl (C=O) groups is 3. The number of nitrogens with two attached hydrogens (primary N) is 2. The predicted molar refractivity (Wildman–Crippen MR) is 94.7 cm³/mol. The van der Waals surface area contributed by atoms with Crippen molar-refractivity contribution in [1.82, 2.24) is 9.91 Å². The second-order valence-corrected chi connectivity index (χ2v) is 8.77. The minimum Gasteiger partial charge on any atom is -0.364 e. The molecular formula is C15H18N5O3S2+. The summed E-state index contributed by atoms with van der Waals surface area (Å²) in [6, 6.07) is 6.87. The second kappa shape index (κ2) is 5.90. The molecule has 3 aliphatic heterocycles. The molecule has 3 fully saturated rings. The van der Waals surface area contributed by atoms with Crippen LogP contribution in [0, 0.1) is 0 Å². The number of quaternary nitrogens is 1. The van der Waals surface area contributed by atoms with E-state index < -0.39 is 24.0 Å². The van der Waals surface area contributed by atoms with E-state index in [0.29, 0.717) is 5.56 Å². The summed E-state index contributed by atoms with van der Waals surface area (Å²) >= 11 is 3.48. The van der Waals surface area contributed by atoms with Crippen LogP contribution < -0.4 is 11.5 Å². The minimum absolute atomic E-state index is 0.0644. The highest BCUT2D eigenvalue weighted by molar-refractivity contribution is 8.20. The Bertz CT molecular complexity index is 742. The average Bonchev–Trinajstić information content (AvgIpc) is 2.91. The summed E-state index contributed by atoms with van der Waals surface area (Å²) in [7, 11) is 0. The number of hydrogen-bond acceptors (Lipinski definition) is 6. The number of fused-ring (bicyclic) bond motifs is 1. The first-order valence-electron chi connectivity index (χ1n) is 7.85. The molecule has 3 aliphatic rings. The zero-order valence-electron chi connectivity index (χ0n) is 13.3. The molecule has 10 heteroatoms. The van der Waals surface area contributed by atoms with E-state index in [1.807, 2.05) is 11.1 Å². The van der Waals surface area contributed by atoms with Crippen LogP contribution >= 0.6 is 23.5 Å². The lowest BCUT2D eigenvalue weighted by molar-refractivity contribution is -0.814. The third-order valence-corrected chi connectivity index (χ3v) is 7.79. The Morgan fingerprint density at radius 1 is 1.16 bits per heavy atom. The summed E-state index contributed by atoms with van der Waals surface area (Å²) in [6.45, 7) is 0.183. The summed E-state index contributed by atoms with van der Waals surface area (Å²) in [5, 5.41) is 1.99. The van der Waals surface area contributed by atoms with Gasteiger partial charge in [-0.25, -0.2) is 14.5 Å². The highest BCUT2D eigenvalue weighted by Crippen LogP contribution is 2.58. The Morgan fingerprint density at radius 3 is 2.36 bits per heavy atom. The number of benzene rings is 1. The molecule has 0 aromatic heterocycles. The molecule has 0 bridgehead atoms. The Morgan fingerprint density at radius 2 is 1.80 bits per heavy atom. The maximum absolute atomic E-state index is 13.1. The van der Waals surface area contributed by atoms with Gasteiger partial charge in [-0.05, 0) is 0 Å². The minimum atomic E-state index is -0.871. The van der Waals surface area contributed by atoms with Crippen LogP contribution in [0.5, 0.6) is 0 Å². The molecule has 1 aromatic rings. The van der Waals surface area contributed by atoms with Crippen LogP contribution in [0.25, 0.3) is 0 Å². The van der Waals surface area contributed by atoms with Gasteiger partial charge >= 0.3 is 12.1 Å². The van der Waals surface area contributed by atoms with E-state index in [9.17, 15) is 14.4 Å². The number of rotatable bonds is 4. The first-order valence-corrected chi connectivity index (χ1v) is 9.95. The van der Waals surface area contributed by atoms with Gasteiger partial charge in [0.2, 0.25) is 12.2 Å². The van der Waals surface area contributed by atoms with E-state index in [-0.39, 0.29) is 22.0 Å². The van der Waals surface area contributed by atoms with Gasteiger partial charge in [0.25, 0.3) is 5.91 Å². The number of nitrogens with zero attached hydrogens (tertiary/aromatic N) is 3. The number of urea groups is 2. The molecule has 4 rings (SSSR count). The van der Waals surface area contributed by atoms with Gasteiger partial charge in [0.15, 0.2) is 4.71 Å². The average molecular weight is 380 g/mol. The molecule has 0 radical (unpaired) electrons. The number of hydrogen-bond donors (Lipinski definition) is 2. The van der Waals surface area contributed by atoms with E-state index in [2.05, 4.69) is 0 Å². The lowest BCUT2D eigenvalue weighted by Gasteiger charge is -2.26. The highest BCUT2D eigenvalue weighted by Gasteiger charge is 2.84. The van der Waals surface area contributed by atoms with Crippen LogP contribution in [-0.4, -0.2) is 61.4 Å². The van der Waals surface area contributed by atoms with Crippen molar-refractivity contribution < 1.29 is 19.0 Å². The molecule has 0 aliphatic carbocycles. The molecule has 3 heterocycles. The predicted octanol–water partition coefficient (Wildman–Crippen LogP) is 0.864. The van der Waals surface area contributed by atoms with Gasteiger partial charge in [-0.3, -0.25) is 4.79 Å². The summed E-state index contributed by atoms with van der Waals surface area (Å²) in [6.07, 6.45) is -0.291. The lowest BCUT2D eigenvalue weighted by atomic mass is 10.1. The summed E-state index contributed by atoms with van der Waals surface area (Å²) in [5.41, 5.74) is 11.7. The van der Waals surface area contributed by atoms with Gasteiger partial charge in [-0.1, -0.05) is 35.3 Å². The number of primary amides is 2. The molecule has 5 amide bonds. The molecule has 0 saturated carbocycles. The van der Waals surface area contributed by atoms with Crippen molar-refractivity contribution in [1.29, 1.82) is 0 Å². The van der Waals surface area contributed by atoms with Gasteiger partial charge in [-0.2, -0.15) is 0 Å². The van der Waals surface area contributed by atoms with E-state index >= 15 is 0 Å². The van der Waals surface area contributed by atoms with Gasteiger partial charge in [0.1, 0.15) is 6.54 Å². The number of imide groups is 1. The molecule has 3 saturated heterocycles. The molecule has 1 aromatic carbocycles. The van der Waals surface area contributed by atoms with Gasteiger partial charge in [0, 0.05) is 17.1 Å². The van der Waals surface area contributed by atoms with Crippen molar-refractivity contribution in [3.8, 4) is 0 Å². The first-order chi connectivity index (χ1) is 12.0. The molecular weight excluding hydrogens is 362 g/mol. The standard InChI is InChI=1S/C15H17N5O3S2/c16-12(21)11(9-4-2-1-3-5-9)20-10(8-18(13(17)22)14(20)23)19(20)15-24-6-7-25-15/h1-5,10-11,15H,6-8H2,(H3-,16,17,21,22)/p+1. The smallest absolute Gasteiger partial charge is 0.364 e. The van der Waals surface area contributed by atoms with E-state index in [1.165, 1.54) is 0 Å². The van der Waals surface area contributed by atoms with Crippen LogP contribution in [0.1, 0.15) is 11.6 Å². The molecule has 4 atom stereocenters. The maximum atomic E-state index is 13.1. The second-order valence-electron chi connectivity index (χ2n) is 6.09. The Balaban J connectivity index is 1.79. The largest absolute Gasteiger partial charge is 0.449 e. The zero-order valence-corrected chi connectivity index (χ0v) is 14.9. The number of thioether (sulfide) groups is 2. The third kappa shape index (κ3) is 2.28. The Hall–Kier alpha value is -1.75. The molecule has 132 valence electrons. The third-order valence-electron chi connectivity index (χ3n) is 4.84. The van der Waals surface area contributed by atoms with Gasteiger partial charge in [0.05, 0.1) is 0 Å². The van der Waals surface area contributed by atoms with Gasteiger partial charge in [-0.15, -0.1) is 28.1 Å². The fraction of sp³-hybridized carbons (Fsp3) is 0.400. The molecule has 4 N–H and O–H groups in total. The fourth-order valence-electron chi connectivity index (χ4n) is 3.82. The van der Waals surface area contributed by atoms with Crippen LogP contribution in [0.3, 0.4) is 0 Å². The maximum Gasteiger partial charge on any atom is 0.449 e. The first kappa shape index (κ1) is 16.7. The molecule has 4 unspecified atom stereocenters. The number of amides is 5. The molecule has 8 nitrogen and oxygen atoms in total. The quantitative estimate of drug-likeness (QED) is 0.592. The Kier molecular flexibility index (Phi) is 3.95. The van der Waals surface area contributed by atoms with Crippen LogP contribution in [0.4, 0.5) is 9.59 Å². The number of carbonyl (C=O) groups excluding carboxylic acids is 3. The monoisotopic (exact) mass is 380 g/mol. The Labute approximate surface area is 153 Å².